The van der Waals surface area contributed by atoms with E-state index in [1.165, 1.54) is 6.07 Å². The van der Waals surface area contributed by atoms with Crippen LogP contribution in [0.1, 0.15) is 90.0 Å². The van der Waals surface area contributed by atoms with Crippen LogP contribution in [0.3, 0.4) is 0 Å². The van der Waals surface area contributed by atoms with Crippen molar-refractivity contribution in [2.24, 2.45) is 16.7 Å². The summed E-state index contributed by atoms with van der Waals surface area (Å²) >= 11 is 6.25. The van der Waals surface area contributed by atoms with E-state index < -0.39 is 35.8 Å². The molecule has 4 heterocycles. The molecular weight excluding hydrogens is 789 g/mol. The van der Waals surface area contributed by atoms with E-state index in [2.05, 4.69) is 53.8 Å². The number of benzene rings is 3. The van der Waals surface area contributed by atoms with Crippen LogP contribution in [-0.2, 0) is 9.59 Å². The maximum atomic E-state index is 15.8. The van der Waals surface area contributed by atoms with E-state index in [1.54, 1.807) is 30.3 Å². The second kappa shape index (κ2) is 15.5. The molecule has 4 aliphatic heterocycles. The average molecular weight is 838 g/mol. The molecule has 1 unspecified atom stereocenters. The van der Waals surface area contributed by atoms with Crippen LogP contribution in [0.5, 0.6) is 5.75 Å². The van der Waals surface area contributed by atoms with E-state index in [0.717, 1.165) is 70.0 Å². The Morgan fingerprint density at radius 1 is 0.867 bits per heavy atom. The lowest BCUT2D eigenvalue weighted by molar-refractivity contribution is -0.164. The number of nitrogens with zero attached hydrogens (tertiary/aromatic N) is 5. The second-order valence-corrected chi connectivity index (χ2v) is 18.3. The largest absolute Gasteiger partial charge is 0.489 e. The van der Waals surface area contributed by atoms with Crippen molar-refractivity contribution in [3.8, 4) is 11.8 Å². The third kappa shape index (κ3) is 7.25. The molecule has 1 saturated carbocycles. The van der Waals surface area contributed by atoms with E-state index >= 15 is 4.39 Å². The normalized spacial score (nSPS) is 25.3. The molecule has 3 aromatic carbocycles. The number of hydrogen-bond donors (Lipinski definition) is 2. The first-order valence-electron chi connectivity index (χ1n) is 20.6. The van der Waals surface area contributed by atoms with Crippen molar-refractivity contribution in [3.05, 3.63) is 87.9 Å². The lowest BCUT2D eigenvalue weighted by Crippen LogP contribution is -2.74. The third-order valence-electron chi connectivity index (χ3n) is 13.3. The number of hydrogen-bond acceptors (Lipinski definition) is 10. The maximum absolute atomic E-state index is 15.8. The highest BCUT2D eigenvalue weighted by Crippen LogP contribution is 2.55. The second-order valence-electron chi connectivity index (χ2n) is 17.9. The zero-order valence-corrected chi connectivity index (χ0v) is 35.0. The topological polar surface area (TPSA) is 155 Å². The fourth-order valence-electron chi connectivity index (χ4n) is 10.2. The number of nitrogens with one attached hydrogen (secondary N) is 2. The number of amides is 5. The molecule has 314 valence electrons. The molecule has 0 bridgehead atoms. The molecule has 0 aromatic heterocycles. The number of piperazine rings is 1. The Balaban J connectivity index is 0.794. The molecule has 60 heavy (non-hydrogen) atoms. The molecule has 13 nitrogen and oxygen atoms in total. The molecule has 4 fully saturated rings. The molecule has 5 amide bonds. The molecular formula is C45H49ClFN7O6. The average Bonchev–Trinajstić information content (AvgIpc) is 3.49. The smallest absolute Gasteiger partial charge is 0.285 e. The standard InChI is InChI=1S/C45H49ClFN7O6/c1-43(2)40(44(3,4)41(43)60-32-11-7-29(25-48)35(46)24-32)50-37(56)28-5-8-30(9-6-28)52-17-14-27(15-18-52)26-51-19-21-53(22-20-51)31-10-12-33-34(23-31)39(58)54(38(33)57)45(47)16-13-36(55)49-42(45)59/h5-12,23-24,27,40-41H,13-22,26H2,1-4H3,(H,50,56)(H,49,55,59). The Bertz CT molecular complexity index is 2280. The van der Waals surface area contributed by atoms with Gasteiger partial charge >= 0.3 is 0 Å². The highest BCUT2D eigenvalue weighted by Gasteiger charge is 2.64. The monoisotopic (exact) mass is 837 g/mol. The van der Waals surface area contributed by atoms with Crippen LogP contribution in [0.2, 0.25) is 5.02 Å². The molecule has 3 aromatic rings. The number of fused-ring (bicyclic) bond motifs is 1. The number of nitriles is 1. The van der Waals surface area contributed by atoms with Gasteiger partial charge in [-0.25, -0.2) is 9.29 Å². The summed E-state index contributed by atoms with van der Waals surface area (Å²) in [5.41, 5.74) is 2.22. The SMILES string of the molecule is CC1(C)C(NC(=O)c2ccc(N3CCC(CN4CCN(c5ccc6c(c5)C(=O)N(C5(F)CCC(=O)NC5=O)C6=O)CC4)CC3)cc2)C(C)(C)C1Oc1ccc(C#N)c(Cl)c1. The first kappa shape index (κ1) is 41.2. The lowest BCUT2D eigenvalue weighted by Gasteiger charge is -2.63. The van der Waals surface area contributed by atoms with Crippen LogP contribution >= 0.6 is 11.6 Å². The Labute approximate surface area is 353 Å². The minimum atomic E-state index is -2.91. The van der Waals surface area contributed by atoms with E-state index in [0.29, 0.717) is 32.7 Å². The first-order valence-corrected chi connectivity index (χ1v) is 20.9. The molecule has 15 heteroatoms. The van der Waals surface area contributed by atoms with E-state index in [9.17, 15) is 29.2 Å². The Morgan fingerprint density at radius 3 is 2.13 bits per heavy atom. The van der Waals surface area contributed by atoms with Crippen LogP contribution < -0.4 is 25.2 Å². The number of rotatable bonds is 9. The Morgan fingerprint density at radius 2 is 1.50 bits per heavy atom. The van der Waals surface area contributed by atoms with Crippen molar-refractivity contribution in [3.63, 3.8) is 0 Å². The van der Waals surface area contributed by atoms with Crippen LogP contribution in [-0.4, -0.2) is 103 Å². The van der Waals surface area contributed by atoms with Gasteiger partial charge in [0, 0.05) is 98.5 Å². The maximum Gasteiger partial charge on any atom is 0.285 e. The van der Waals surface area contributed by atoms with Gasteiger partial charge < -0.3 is 19.9 Å². The van der Waals surface area contributed by atoms with Crippen LogP contribution in [0, 0.1) is 28.1 Å². The van der Waals surface area contributed by atoms with E-state index in [-0.39, 0.29) is 46.4 Å². The van der Waals surface area contributed by atoms with Gasteiger partial charge in [0.1, 0.15) is 17.9 Å². The predicted molar refractivity (Wildman–Crippen MR) is 223 cm³/mol. The number of piperidine rings is 2. The van der Waals surface area contributed by atoms with Gasteiger partial charge in [-0.2, -0.15) is 5.26 Å². The minimum absolute atomic E-state index is 0.0451. The highest BCUT2D eigenvalue weighted by atomic mass is 35.5. The van der Waals surface area contributed by atoms with E-state index in [1.807, 2.05) is 29.6 Å². The molecule has 1 aliphatic carbocycles. The summed E-state index contributed by atoms with van der Waals surface area (Å²) < 4.78 is 22.2. The Kier molecular flexibility index (Phi) is 10.6. The zero-order valence-electron chi connectivity index (χ0n) is 34.2. The predicted octanol–water partition coefficient (Wildman–Crippen LogP) is 5.56. The summed E-state index contributed by atoms with van der Waals surface area (Å²) in [6.45, 7) is 14.3. The van der Waals surface area contributed by atoms with Crippen molar-refractivity contribution < 1.29 is 33.1 Å². The van der Waals surface area contributed by atoms with Gasteiger partial charge in [0.05, 0.1) is 21.7 Å². The van der Waals surface area contributed by atoms with Gasteiger partial charge in [0.25, 0.3) is 29.4 Å². The van der Waals surface area contributed by atoms with Crippen molar-refractivity contribution in [1.82, 2.24) is 20.4 Å². The third-order valence-corrected chi connectivity index (χ3v) is 13.6. The van der Waals surface area contributed by atoms with Gasteiger partial charge in [0.15, 0.2) is 0 Å². The fraction of sp³-hybridized carbons (Fsp3) is 0.467. The van der Waals surface area contributed by atoms with Gasteiger partial charge in [-0.15, -0.1) is 0 Å². The molecule has 0 radical (unpaired) electrons. The Hall–Kier alpha value is -5.52. The van der Waals surface area contributed by atoms with Crippen LogP contribution in [0.4, 0.5) is 15.8 Å². The lowest BCUT2D eigenvalue weighted by atomic mass is 9.49. The molecule has 5 aliphatic rings. The molecule has 8 rings (SSSR count). The van der Waals surface area contributed by atoms with Gasteiger partial charge in [0.2, 0.25) is 5.91 Å². The van der Waals surface area contributed by atoms with Crippen molar-refractivity contribution >= 4 is 52.5 Å². The fourth-order valence-corrected chi connectivity index (χ4v) is 10.4. The molecule has 3 saturated heterocycles. The quantitative estimate of drug-likeness (QED) is 0.207. The number of anilines is 2. The number of alkyl halides is 1. The van der Waals surface area contributed by atoms with Gasteiger partial charge in [-0.05, 0) is 73.4 Å². The van der Waals surface area contributed by atoms with Crippen molar-refractivity contribution in [2.75, 3.05) is 55.6 Å². The van der Waals surface area contributed by atoms with Crippen LogP contribution in [0.15, 0.2) is 60.7 Å². The summed E-state index contributed by atoms with van der Waals surface area (Å²) in [6, 6.07) is 19.7. The molecule has 1 atom stereocenters. The number of ether oxygens (including phenoxy) is 1. The minimum Gasteiger partial charge on any atom is -0.489 e. The zero-order chi connectivity index (χ0) is 42.7. The number of carbonyl (C=O) groups excluding carboxylic acids is 5. The first-order chi connectivity index (χ1) is 28.5. The number of carbonyl (C=O) groups is 5. The number of imide groups is 2. The molecule has 2 N–H and O–H groups in total. The summed E-state index contributed by atoms with van der Waals surface area (Å²) in [5.74, 6) is -5.59. The summed E-state index contributed by atoms with van der Waals surface area (Å²) in [5, 5.41) is 14.7. The summed E-state index contributed by atoms with van der Waals surface area (Å²) in [7, 11) is 0. The molecule has 0 spiro atoms. The van der Waals surface area contributed by atoms with Gasteiger partial charge in [-0.3, -0.25) is 34.2 Å². The van der Waals surface area contributed by atoms with Crippen molar-refractivity contribution in [2.45, 2.75) is 71.3 Å². The summed E-state index contributed by atoms with van der Waals surface area (Å²) in [4.78, 5) is 71.2. The highest BCUT2D eigenvalue weighted by molar-refractivity contribution is 6.31. The van der Waals surface area contributed by atoms with E-state index in [4.69, 9.17) is 16.3 Å². The van der Waals surface area contributed by atoms with Crippen LogP contribution in [0.25, 0.3) is 0 Å². The summed E-state index contributed by atoms with van der Waals surface area (Å²) in [6.07, 6.45) is 1.03. The van der Waals surface area contributed by atoms with Crippen molar-refractivity contribution in [1.29, 1.82) is 5.26 Å². The van der Waals surface area contributed by atoms with Gasteiger partial charge in [-0.1, -0.05) is 39.3 Å². The number of halogens is 2.